The van der Waals surface area contributed by atoms with Gasteiger partial charge in [0.05, 0.1) is 19.3 Å². The molecule has 4 atom stereocenters. The number of aromatic nitrogens is 1. The van der Waals surface area contributed by atoms with Crippen LogP contribution in [0.1, 0.15) is 35.7 Å². The zero-order valence-electron chi connectivity index (χ0n) is 20.1. The van der Waals surface area contributed by atoms with Crippen LogP contribution in [0.3, 0.4) is 0 Å². The lowest BCUT2D eigenvalue weighted by molar-refractivity contribution is -0.133. The normalized spacial score (nSPS) is 19.2. The maximum absolute atomic E-state index is 13.0. The third kappa shape index (κ3) is 6.96. The lowest BCUT2D eigenvalue weighted by Crippen LogP contribution is -2.56. The van der Waals surface area contributed by atoms with Gasteiger partial charge in [-0.05, 0) is 32.8 Å². The van der Waals surface area contributed by atoms with Gasteiger partial charge in [-0.2, -0.15) is 0 Å². The monoisotopic (exact) mass is 486 g/mol. The number of epoxide rings is 1. The first-order chi connectivity index (χ1) is 16.6. The van der Waals surface area contributed by atoms with Crippen molar-refractivity contribution in [2.45, 2.75) is 50.9 Å². The van der Waals surface area contributed by atoms with Gasteiger partial charge < -0.3 is 29.9 Å². The molecule has 1 fully saturated rings. The Balaban J connectivity index is 1.62. The minimum Gasteiger partial charge on any atom is -0.382 e. The highest BCUT2D eigenvalue weighted by molar-refractivity contribution is 5.99. The SMILES string of the molecule is COCC(NC(=O)c1cc(C)on1)C(=O)N[C@@H](C)C(=O)N[C@@H](Cc1ccccc1)C(=O)[C@@]1(C)CO1. The summed E-state index contributed by atoms with van der Waals surface area (Å²) in [6, 6.07) is 7.81. The first-order valence-corrected chi connectivity index (χ1v) is 11.2. The summed E-state index contributed by atoms with van der Waals surface area (Å²) in [5.74, 6) is -1.60. The van der Waals surface area contributed by atoms with E-state index in [0.29, 0.717) is 12.4 Å². The van der Waals surface area contributed by atoms with Crippen molar-refractivity contribution in [3.8, 4) is 0 Å². The van der Waals surface area contributed by atoms with E-state index in [1.807, 2.05) is 30.3 Å². The van der Waals surface area contributed by atoms with Crippen molar-refractivity contribution in [2.75, 3.05) is 20.3 Å². The van der Waals surface area contributed by atoms with Crippen LogP contribution < -0.4 is 16.0 Å². The minimum atomic E-state index is -1.08. The second-order valence-corrected chi connectivity index (χ2v) is 8.67. The minimum absolute atomic E-state index is 0.0141. The molecule has 1 aromatic heterocycles. The molecular weight excluding hydrogens is 456 g/mol. The summed E-state index contributed by atoms with van der Waals surface area (Å²) < 4.78 is 15.2. The highest BCUT2D eigenvalue weighted by Gasteiger charge is 2.50. The van der Waals surface area contributed by atoms with Gasteiger partial charge >= 0.3 is 0 Å². The smallest absolute Gasteiger partial charge is 0.274 e. The first-order valence-electron chi connectivity index (χ1n) is 11.2. The van der Waals surface area contributed by atoms with E-state index in [4.69, 9.17) is 14.0 Å². The van der Waals surface area contributed by atoms with Crippen molar-refractivity contribution in [1.29, 1.82) is 0 Å². The molecule has 1 aromatic carbocycles. The summed E-state index contributed by atoms with van der Waals surface area (Å²) in [6.45, 7) is 4.96. The average molecular weight is 487 g/mol. The standard InChI is InChI=1S/C24H30N4O7/c1-14-10-18(28-35-14)22(31)27-19(12-33-4)23(32)25-15(2)21(30)26-17(20(29)24(3)13-34-24)11-16-8-6-5-7-9-16/h5-10,15,17,19H,11-13H2,1-4H3,(H,25,32)(H,26,30)(H,27,31)/t15-,17-,19?,24+/m0/s1. The van der Waals surface area contributed by atoms with E-state index in [2.05, 4.69) is 21.1 Å². The summed E-state index contributed by atoms with van der Waals surface area (Å²) in [5.41, 5.74) is -0.0368. The van der Waals surface area contributed by atoms with E-state index in [-0.39, 0.29) is 24.5 Å². The Labute approximate surface area is 202 Å². The van der Waals surface area contributed by atoms with Crippen molar-refractivity contribution >= 4 is 23.5 Å². The number of rotatable bonds is 12. The molecule has 1 saturated heterocycles. The number of methoxy groups -OCH3 is 1. The van der Waals surface area contributed by atoms with Gasteiger partial charge in [-0.1, -0.05) is 35.5 Å². The number of nitrogens with one attached hydrogen (secondary N) is 3. The maximum atomic E-state index is 13.0. The Morgan fingerprint density at radius 2 is 1.77 bits per heavy atom. The fourth-order valence-corrected chi connectivity index (χ4v) is 3.41. The molecular formula is C24H30N4O7. The molecule has 11 nitrogen and oxygen atoms in total. The highest BCUT2D eigenvalue weighted by atomic mass is 16.6. The van der Waals surface area contributed by atoms with Crippen LogP contribution in [0.5, 0.6) is 0 Å². The van der Waals surface area contributed by atoms with Crippen LogP contribution in [0.15, 0.2) is 40.9 Å². The van der Waals surface area contributed by atoms with Crippen LogP contribution in [-0.4, -0.2) is 72.7 Å². The van der Waals surface area contributed by atoms with Gasteiger partial charge in [-0.3, -0.25) is 19.2 Å². The predicted molar refractivity (Wildman–Crippen MR) is 123 cm³/mol. The molecule has 0 aliphatic carbocycles. The van der Waals surface area contributed by atoms with Crippen LogP contribution in [0.25, 0.3) is 0 Å². The second kappa shape index (κ2) is 11.2. The molecule has 0 radical (unpaired) electrons. The van der Waals surface area contributed by atoms with Crippen LogP contribution in [0.2, 0.25) is 0 Å². The van der Waals surface area contributed by atoms with Crippen molar-refractivity contribution in [1.82, 2.24) is 21.1 Å². The molecule has 11 heteroatoms. The van der Waals surface area contributed by atoms with Gasteiger partial charge in [0.25, 0.3) is 5.91 Å². The van der Waals surface area contributed by atoms with E-state index >= 15 is 0 Å². The second-order valence-electron chi connectivity index (χ2n) is 8.67. The number of carbonyl (C=O) groups excluding carboxylic acids is 4. The van der Waals surface area contributed by atoms with Gasteiger partial charge in [0.2, 0.25) is 11.8 Å². The molecule has 1 unspecified atom stereocenters. The Morgan fingerprint density at radius 1 is 1.09 bits per heavy atom. The Kier molecular flexibility index (Phi) is 8.36. The van der Waals surface area contributed by atoms with Crippen molar-refractivity contribution in [3.63, 3.8) is 0 Å². The molecule has 3 amide bonds. The number of hydrogen-bond acceptors (Lipinski definition) is 8. The number of ether oxygens (including phenoxy) is 2. The summed E-state index contributed by atoms with van der Waals surface area (Å²) in [5, 5.41) is 11.4. The molecule has 3 rings (SSSR count). The zero-order valence-corrected chi connectivity index (χ0v) is 20.1. The summed E-state index contributed by atoms with van der Waals surface area (Å²) in [4.78, 5) is 51.0. The van der Waals surface area contributed by atoms with Crippen molar-refractivity contribution in [2.24, 2.45) is 0 Å². The molecule has 2 heterocycles. The summed E-state index contributed by atoms with van der Waals surface area (Å²) >= 11 is 0. The van der Waals surface area contributed by atoms with Crippen LogP contribution in [-0.2, 0) is 30.3 Å². The zero-order chi connectivity index (χ0) is 25.6. The summed E-state index contributed by atoms with van der Waals surface area (Å²) in [6.07, 6.45) is 0.282. The number of aryl methyl sites for hydroxylation is 1. The van der Waals surface area contributed by atoms with Crippen molar-refractivity contribution in [3.05, 3.63) is 53.4 Å². The quantitative estimate of drug-likeness (QED) is 0.363. The molecule has 0 bridgehead atoms. The Hall–Kier alpha value is -3.57. The number of amides is 3. The average Bonchev–Trinajstić information content (AvgIpc) is 3.43. The number of carbonyl (C=O) groups is 4. The molecule has 1 aliphatic rings. The number of hydrogen-bond donors (Lipinski definition) is 3. The van der Waals surface area contributed by atoms with E-state index < -0.39 is 41.4 Å². The number of Topliss-reactive ketones (excluding diaryl/α,β-unsaturated/α-hetero) is 1. The number of benzene rings is 1. The Morgan fingerprint density at radius 3 is 2.34 bits per heavy atom. The molecule has 1 aliphatic heterocycles. The largest absolute Gasteiger partial charge is 0.382 e. The molecule has 3 N–H and O–H groups in total. The molecule has 2 aromatic rings. The van der Waals surface area contributed by atoms with E-state index in [1.54, 1.807) is 13.8 Å². The van der Waals surface area contributed by atoms with E-state index in [9.17, 15) is 19.2 Å². The third-order valence-corrected chi connectivity index (χ3v) is 5.58. The van der Waals surface area contributed by atoms with Gasteiger partial charge in [0.15, 0.2) is 11.5 Å². The number of ketones is 1. The predicted octanol–water partition coefficient (Wildman–Crippen LogP) is 0.318. The molecule has 188 valence electrons. The van der Waals surface area contributed by atoms with Gasteiger partial charge in [-0.15, -0.1) is 0 Å². The molecule has 0 spiro atoms. The fraction of sp³-hybridized carbons (Fsp3) is 0.458. The number of nitrogens with zero attached hydrogens (tertiary/aromatic N) is 1. The lowest BCUT2D eigenvalue weighted by atomic mass is 9.94. The Bertz CT molecular complexity index is 1060. The first kappa shape index (κ1) is 26.0. The van der Waals surface area contributed by atoms with Crippen molar-refractivity contribution < 1.29 is 33.2 Å². The fourth-order valence-electron chi connectivity index (χ4n) is 3.41. The lowest BCUT2D eigenvalue weighted by Gasteiger charge is -2.24. The van der Waals surface area contributed by atoms with E-state index in [0.717, 1.165) is 5.56 Å². The van der Waals surface area contributed by atoms with Gasteiger partial charge in [0, 0.05) is 13.2 Å². The third-order valence-electron chi connectivity index (χ3n) is 5.58. The van der Waals surface area contributed by atoms with Crippen LogP contribution >= 0.6 is 0 Å². The molecule has 35 heavy (non-hydrogen) atoms. The van der Waals surface area contributed by atoms with Gasteiger partial charge in [0.1, 0.15) is 23.4 Å². The maximum Gasteiger partial charge on any atom is 0.274 e. The topological polar surface area (TPSA) is 152 Å². The van der Waals surface area contributed by atoms with Crippen LogP contribution in [0, 0.1) is 6.92 Å². The van der Waals surface area contributed by atoms with E-state index in [1.165, 1.54) is 20.1 Å². The van der Waals surface area contributed by atoms with Gasteiger partial charge in [-0.25, -0.2) is 0 Å². The van der Waals surface area contributed by atoms with Crippen LogP contribution in [0.4, 0.5) is 0 Å². The molecule has 0 saturated carbocycles. The highest BCUT2D eigenvalue weighted by Crippen LogP contribution is 2.29. The summed E-state index contributed by atoms with van der Waals surface area (Å²) in [7, 11) is 1.38.